The lowest BCUT2D eigenvalue weighted by Gasteiger charge is -2.19. The second-order valence-corrected chi connectivity index (χ2v) is 6.89. The molecule has 0 spiro atoms. The van der Waals surface area contributed by atoms with Gasteiger partial charge in [-0.05, 0) is 42.8 Å². The normalized spacial score (nSPS) is 10.6. The number of halogens is 3. The Morgan fingerprint density at radius 1 is 1.12 bits per heavy atom. The lowest BCUT2D eigenvalue weighted by molar-refractivity contribution is -0.139. The molecule has 0 aliphatic carbocycles. The summed E-state index contributed by atoms with van der Waals surface area (Å²) < 4.78 is 46.6. The molecule has 0 bridgehead atoms. The van der Waals surface area contributed by atoms with E-state index in [0.29, 0.717) is 35.3 Å². The SMILES string of the molecule is CCc1cccc(-c2ccc(OCc3ccccc3N(C)N)c(C(F)(F)F)c2)n1.NNC=O. The number of carbonyl (C=O) groups is 1. The van der Waals surface area contributed by atoms with Crippen LogP contribution in [0.4, 0.5) is 18.9 Å². The van der Waals surface area contributed by atoms with Crippen LogP contribution in [0.25, 0.3) is 11.3 Å². The standard InChI is InChI=1S/C22H22F3N3O.CH4N2O/c1-3-17-8-6-9-19(27-17)15-11-12-21(18(13-15)22(23,24)25)29-14-16-7-4-5-10-20(16)28(2)26;2-3-1-4/h4-13H,3,14,26H2,1-2H3;1H,2H2,(H,3,4). The van der Waals surface area contributed by atoms with Crippen molar-refractivity contribution in [3.8, 4) is 17.0 Å². The summed E-state index contributed by atoms with van der Waals surface area (Å²) in [6, 6.07) is 16.5. The largest absolute Gasteiger partial charge is 0.488 e. The molecule has 0 atom stereocenters. The minimum absolute atomic E-state index is 0.0380. The third-order valence-corrected chi connectivity index (χ3v) is 4.57. The van der Waals surface area contributed by atoms with Gasteiger partial charge in [-0.1, -0.05) is 31.2 Å². The molecule has 0 aliphatic rings. The number of hydrazine groups is 2. The van der Waals surface area contributed by atoms with E-state index in [0.717, 1.165) is 11.8 Å². The van der Waals surface area contributed by atoms with E-state index >= 15 is 0 Å². The molecule has 0 unspecified atom stereocenters. The first-order chi connectivity index (χ1) is 15.7. The number of hydrogen-bond acceptors (Lipinski definition) is 6. The summed E-state index contributed by atoms with van der Waals surface area (Å²) in [5, 5.41) is 1.40. The Kier molecular flexibility index (Phi) is 9.19. The molecule has 0 saturated heterocycles. The van der Waals surface area contributed by atoms with Crippen LogP contribution in [-0.2, 0) is 24.0 Å². The number of aryl methyl sites for hydroxylation is 1. The fourth-order valence-corrected chi connectivity index (χ4v) is 3.01. The van der Waals surface area contributed by atoms with E-state index in [1.165, 1.54) is 11.1 Å². The summed E-state index contributed by atoms with van der Waals surface area (Å²) in [5.41, 5.74) is 3.99. The predicted molar refractivity (Wildman–Crippen MR) is 121 cm³/mol. The Labute approximate surface area is 190 Å². The molecule has 1 heterocycles. The van der Waals surface area contributed by atoms with Gasteiger partial charge in [0.1, 0.15) is 12.4 Å². The molecule has 7 nitrogen and oxygen atoms in total. The monoisotopic (exact) mass is 461 g/mol. The number of aromatic nitrogens is 1. The van der Waals surface area contributed by atoms with Crippen molar-refractivity contribution >= 4 is 12.1 Å². The molecule has 5 N–H and O–H groups in total. The topological polar surface area (TPSA) is 106 Å². The number of nitrogens with zero attached hydrogens (tertiary/aromatic N) is 2. The van der Waals surface area contributed by atoms with Gasteiger partial charge >= 0.3 is 6.18 Å². The molecule has 1 amide bonds. The molecule has 33 heavy (non-hydrogen) atoms. The maximum Gasteiger partial charge on any atom is 0.419 e. The average Bonchev–Trinajstić information content (AvgIpc) is 2.82. The summed E-state index contributed by atoms with van der Waals surface area (Å²) >= 11 is 0. The van der Waals surface area contributed by atoms with E-state index in [2.05, 4.69) is 10.8 Å². The summed E-state index contributed by atoms with van der Waals surface area (Å²) in [4.78, 5) is 13.3. The molecule has 2 aromatic carbocycles. The van der Waals surface area contributed by atoms with Gasteiger partial charge in [0.25, 0.3) is 0 Å². The fourth-order valence-electron chi connectivity index (χ4n) is 3.01. The van der Waals surface area contributed by atoms with E-state index in [-0.39, 0.29) is 12.4 Å². The number of para-hydroxylation sites is 1. The van der Waals surface area contributed by atoms with Crippen LogP contribution < -0.4 is 26.9 Å². The summed E-state index contributed by atoms with van der Waals surface area (Å²) in [6.07, 6.45) is -3.45. The van der Waals surface area contributed by atoms with Crippen LogP contribution in [0.2, 0.25) is 0 Å². The number of nitrogens with one attached hydrogen (secondary N) is 1. The highest BCUT2D eigenvalue weighted by atomic mass is 19.4. The lowest BCUT2D eigenvalue weighted by atomic mass is 10.1. The highest BCUT2D eigenvalue weighted by Crippen LogP contribution is 2.39. The van der Waals surface area contributed by atoms with Gasteiger partial charge in [-0.2, -0.15) is 13.2 Å². The van der Waals surface area contributed by atoms with Crippen molar-refractivity contribution < 1.29 is 22.7 Å². The Bertz CT molecular complexity index is 1060. The Morgan fingerprint density at radius 2 is 1.82 bits per heavy atom. The van der Waals surface area contributed by atoms with Gasteiger partial charge in [-0.15, -0.1) is 0 Å². The van der Waals surface area contributed by atoms with Crippen molar-refractivity contribution in [1.29, 1.82) is 0 Å². The number of amides is 1. The molecular weight excluding hydrogens is 435 g/mol. The van der Waals surface area contributed by atoms with Crippen molar-refractivity contribution in [2.75, 3.05) is 12.1 Å². The van der Waals surface area contributed by atoms with Crippen LogP contribution in [0.3, 0.4) is 0 Å². The van der Waals surface area contributed by atoms with Gasteiger partial charge in [0.2, 0.25) is 6.41 Å². The number of anilines is 1. The first-order valence-electron chi connectivity index (χ1n) is 9.97. The first-order valence-corrected chi connectivity index (χ1v) is 9.97. The van der Waals surface area contributed by atoms with Crippen LogP contribution in [0, 0.1) is 0 Å². The smallest absolute Gasteiger partial charge is 0.419 e. The zero-order valence-corrected chi connectivity index (χ0v) is 18.3. The van der Waals surface area contributed by atoms with Crippen molar-refractivity contribution in [2.24, 2.45) is 11.7 Å². The maximum absolute atomic E-state index is 13.7. The van der Waals surface area contributed by atoms with Gasteiger partial charge in [-0.25, -0.2) is 11.7 Å². The molecule has 0 fully saturated rings. The average molecular weight is 461 g/mol. The van der Waals surface area contributed by atoms with Gasteiger partial charge in [0, 0.05) is 23.9 Å². The molecule has 0 saturated carbocycles. The van der Waals surface area contributed by atoms with Crippen molar-refractivity contribution in [1.82, 2.24) is 10.4 Å². The molecular formula is C23H26F3N5O2. The molecule has 10 heteroatoms. The molecule has 1 aromatic heterocycles. The Hall–Kier alpha value is -3.63. The van der Waals surface area contributed by atoms with Gasteiger partial charge in [0.05, 0.1) is 16.9 Å². The van der Waals surface area contributed by atoms with E-state index < -0.39 is 11.7 Å². The predicted octanol–water partition coefficient (Wildman–Crippen LogP) is 3.82. The number of pyridine rings is 1. The van der Waals surface area contributed by atoms with Gasteiger partial charge in [-0.3, -0.25) is 15.2 Å². The van der Waals surface area contributed by atoms with Crippen LogP contribution in [0.15, 0.2) is 60.7 Å². The molecule has 0 aliphatic heterocycles. The minimum Gasteiger partial charge on any atom is -0.488 e. The Balaban J connectivity index is 0.000000890. The van der Waals surface area contributed by atoms with E-state index in [1.54, 1.807) is 54.9 Å². The fraction of sp³-hybridized carbons (Fsp3) is 0.217. The zero-order chi connectivity index (χ0) is 24.4. The van der Waals surface area contributed by atoms with E-state index in [4.69, 9.17) is 15.4 Å². The molecule has 3 aromatic rings. The van der Waals surface area contributed by atoms with E-state index in [1.807, 2.05) is 13.0 Å². The van der Waals surface area contributed by atoms with Crippen LogP contribution in [-0.4, -0.2) is 18.4 Å². The third-order valence-electron chi connectivity index (χ3n) is 4.57. The maximum atomic E-state index is 13.7. The number of carbonyl (C=O) groups excluding carboxylic acids is 1. The first kappa shape index (κ1) is 25.6. The van der Waals surface area contributed by atoms with Crippen LogP contribution in [0.1, 0.15) is 23.7 Å². The number of nitrogens with two attached hydrogens (primary N) is 2. The number of hydrogen-bond donors (Lipinski definition) is 3. The molecule has 3 rings (SSSR count). The highest BCUT2D eigenvalue weighted by molar-refractivity contribution is 5.63. The number of ether oxygens (including phenoxy) is 1. The van der Waals surface area contributed by atoms with Gasteiger partial charge < -0.3 is 9.75 Å². The molecule has 176 valence electrons. The number of alkyl halides is 3. The quantitative estimate of drug-likeness (QED) is 0.214. The Morgan fingerprint density at radius 3 is 2.42 bits per heavy atom. The zero-order valence-electron chi connectivity index (χ0n) is 18.3. The summed E-state index contributed by atoms with van der Waals surface area (Å²) in [5.74, 6) is 9.96. The highest BCUT2D eigenvalue weighted by Gasteiger charge is 2.35. The second kappa shape index (κ2) is 11.8. The number of benzene rings is 2. The summed E-state index contributed by atoms with van der Waals surface area (Å²) in [6.45, 7) is 1.91. The van der Waals surface area contributed by atoms with Gasteiger partial charge in [0.15, 0.2) is 0 Å². The molecule has 0 radical (unpaired) electrons. The number of rotatable bonds is 7. The lowest BCUT2D eigenvalue weighted by Crippen LogP contribution is -2.26. The van der Waals surface area contributed by atoms with Crippen molar-refractivity contribution in [3.63, 3.8) is 0 Å². The second-order valence-electron chi connectivity index (χ2n) is 6.89. The van der Waals surface area contributed by atoms with Crippen molar-refractivity contribution in [2.45, 2.75) is 26.1 Å². The summed E-state index contributed by atoms with van der Waals surface area (Å²) in [7, 11) is 1.66. The van der Waals surface area contributed by atoms with E-state index in [9.17, 15) is 13.2 Å². The van der Waals surface area contributed by atoms with Crippen LogP contribution >= 0.6 is 0 Å². The van der Waals surface area contributed by atoms with Crippen molar-refractivity contribution in [3.05, 3.63) is 77.5 Å². The minimum atomic E-state index is -4.56. The third kappa shape index (κ3) is 7.19. The van der Waals surface area contributed by atoms with Crippen LogP contribution in [0.5, 0.6) is 5.75 Å².